The molecule has 9 nitrogen and oxygen atoms in total. The number of hydrogen-bond donors (Lipinski definition) is 2. The van der Waals surface area contributed by atoms with E-state index in [1.165, 1.54) is 11.7 Å². The van der Waals surface area contributed by atoms with Crippen LogP contribution in [0.4, 0.5) is 4.79 Å². The molecule has 0 bridgehead atoms. The second-order valence-electron chi connectivity index (χ2n) is 7.95. The van der Waals surface area contributed by atoms with Crippen LogP contribution in [-0.2, 0) is 9.53 Å². The summed E-state index contributed by atoms with van der Waals surface area (Å²) in [6, 6.07) is 5.11. The highest BCUT2D eigenvalue weighted by Crippen LogP contribution is 2.16. The average Bonchev–Trinajstić information content (AvgIpc) is 2.94. The van der Waals surface area contributed by atoms with Gasteiger partial charge in [-0.2, -0.15) is 9.90 Å². The molecule has 156 valence electrons. The largest absolute Gasteiger partial charge is 0.448 e. The van der Waals surface area contributed by atoms with Gasteiger partial charge in [-0.05, 0) is 60.1 Å². The van der Waals surface area contributed by atoms with E-state index in [4.69, 9.17) is 4.74 Å². The van der Waals surface area contributed by atoms with Gasteiger partial charge in [-0.1, -0.05) is 17.7 Å². The van der Waals surface area contributed by atoms with Gasteiger partial charge in [-0.15, -0.1) is 5.10 Å². The lowest BCUT2D eigenvalue weighted by Crippen LogP contribution is -2.50. The van der Waals surface area contributed by atoms with Gasteiger partial charge < -0.3 is 10.1 Å². The molecular weight excluding hydrogens is 374 g/mol. The van der Waals surface area contributed by atoms with Crippen LogP contribution in [0.25, 0.3) is 5.69 Å². The van der Waals surface area contributed by atoms with Gasteiger partial charge in [-0.25, -0.2) is 9.59 Å². The third-order valence-electron chi connectivity index (χ3n) is 3.92. The second kappa shape index (κ2) is 8.42. The molecule has 0 aliphatic heterocycles. The number of aryl methyl sites for hydroxylation is 3. The highest BCUT2D eigenvalue weighted by Gasteiger charge is 2.25. The maximum atomic E-state index is 12.5. The number of ether oxygens (including phenoxy) is 1. The number of benzene rings is 1. The van der Waals surface area contributed by atoms with Crippen molar-refractivity contribution in [1.29, 1.82) is 0 Å². The molecule has 0 aliphatic carbocycles. The number of nitrogens with zero attached hydrogens (tertiary/aromatic N) is 3. The van der Waals surface area contributed by atoms with Crippen molar-refractivity contribution in [3.05, 3.63) is 40.7 Å². The van der Waals surface area contributed by atoms with Crippen LogP contribution in [0.3, 0.4) is 0 Å². The minimum absolute atomic E-state index is 0.00349. The van der Waals surface area contributed by atoms with E-state index in [1.54, 1.807) is 27.7 Å². The Balaban J connectivity index is 2.08. The molecule has 1 heterocycles. The van der Waals surface area contributed by atoms with Gasteiger partial charge in [-0.3, -0.25) is 10.1 Å². The first kappa shape index (κ1) is 22.1. The maximum absolute atomic E-state index is 12.5. The van der Waals surface area contributed by atoms with E-state index in [9.17, 15) is 14.4 Å². The molecule has 0 spiro atoms. The smallest absolute Gasteiger partial charge is 0.361 e. The quantitative estimate of drug-likeness (QED) is 0.760. The molecule has 0 saturated heterocycles. The summed E-state index contributed by atoms with van der Waals surface area (Å²) >= 11 is 0. The van der Waals surface area contributed by atoms with Crippen LogP contribution in [0.5, 0.6) is 0 Å². The van der Waals surface area contributed by atoms with E-state index in [0.717, 1.165) is 16.8 Å². The fraction of sp³-hybridized carbons (Fsp3) is 0.450. The third kappa shape index (κ3) is 5.87. The summed E-state index contributed by atoms with van der Waals surface area (Å²) in [5.74, 6) is -1.53. The van der Waals surface area contributed by atoms with E-state index in [0.29, 0.717) is 5.69 Å². The lowest BCUT2D eigenvalue weighted by atomic mass is 10.1. The van der Waals surface area contributed by atoms with Crippen molar-refractivity contribution >= 4 is 17.9 Å². The molecule has 9 heteroatoms. The Morgan fingerprint density at radius 2 is 1.76 bits per heavy atom. The molecule has 0 unspecified atom stereocenters. The van der Waals surface area contributed by atoms with Gasteiger partial charge in [0.05, 0.1) is 11.4 Å². The number of aromatic nitrogens is 3. The Hall–Kier alpha value is -3.23. The van der Waals surface area contributed by atoms with Gasteiger partial charge in [0.1, 0.15) is 0 Å². The summed E-state index contributed by atoms with van der Waals surface area (Å²) < 4.78 is 5.16. The molecule has 0 radical (unpaired) electrons. The number of imide groups is 1. The van der Waals surface area contributed by atoms with E-state index in [1.807, 2.05) is 32.0 Å². The van der Waals surface area contributed by atoms with Crippen molar-refractivity contribution in [2.24, 2.45) is 0 Å². The summed E-state index contributed by atoms with van der Waals surface area (Å²) in [6.45, 7) is 12.3. The fourth-order valence-electron chi connectivity index (χ4n) is 2.56. The Labute approximate surface area is 169 Å². The van der Waals surface area contributed by atoms with E-state index in [-0.39, 0.29) is 5.69 Å². The Kier molecular flexibility index (Phi) is 6.41. The zero-order valence-electron chi connectivity index (χ0n) is 17.8. The molecule has 2 N–H and O–H groups in total. The van der Waals surface area contributed by atoms with E-state index < -0.39 is 29.6 Å². The molecule has 29 heavy (non-hydrogen) atoms. The summed E-state index contributed by atoms with van der Waals surface area (Å²) in [5, 5.41) is 13.2. The molecule has 0 aliphatic rings. The van der Waals surface area contributed by atoms with Gasteiger partial charge in [0, 0.05) is 5.54 Å². The van der Waals surface area contributed by atoms with Crippen LogP contribution in [-0.4, -0.2) is 44.5 Å². The lowest BCUT2D eigenvalue weighted by molar-refractivity contribution is -0.127. The Morgan fingerprint density at radius 1 is 1.10 bits per heavy atom. The first-order valence-corrected chi connectivity index (χ1v) is 9.23. The van der Waals surface area contributed by atoms with E-state index in [2.05, 4.69) is 20.8 Å². The zero-order valence-corrected chi connectivity index (χ0v) is 17.8. The molecule has 1 atom stereocenters. The predicted octanol–water partition coefficient (Wildman–Crippen LogP) is 2.36. The van der Waals surface area contributed by atoms with Crippen molar-refractivity contribution in [1.82, 2.24) is 25.6 Å². The number of urea groups is 1. The normalized spacial score (nSPS) is 12.2. The number of carbonyl (C=O) groups is 3. The summed E-state index contributed by atoms with van der Waals surface area (Å²) in [7, 11) is 0. The fourth-order valence-corrected chi connectivity index (χ4v) is 2.56. The molecule has 0 saturated carbocycles. The van der Waals surface area contributed by atoms with Crippen molar-refractivity contribution in [2.75, 3.05) is 0 Å². The van der Waals surface area contributed by atoms with Gasteiger partial charge >= 0.3 is 12.0 Å². The number of amides is 3. The van der Waals surface area contributed by atoms with Crippen molar-refractivity contribution in [3.8, 4) is 5.69 Å². The standard InChI is InChI=1S/C20H27N5O4/c1-11-8-9-15(12(2)10-11)25-23-13(3)16(24-25)18(27)29-14(4)17(26)21-19(28)22-20(5,6)7/h8-10,14H,1-7H3,(H2,21,22,26,28)/t14-/m1/s1. The Bertz CT molecular complexity index is 943. The minimum atomic E-state index is -1.18. The van der Waals surface area contributed by atoms with Crippen LogP contribution >= 0.6 is 0 Å². The second-order valence-corrected chi connectivity index (χ2v) is 7.95. The Morgan fingerprint density at radius 3 is 2.34 bits per heavy atom. The van der Waals surface area contributed by atoms with Gasteiger partial charge in [0.15, 0.2) is 11.8 Å². The number of esters is 1. The maximum Gasteiger partial charge on any atom is 0.361 e. The molecule has 0 fully saturated rings. The highest BCUT2D eigenvalue weighted by molar-refractivity contribution is 5.98. The summed E-state index contributed by atoms with van der Waals surface area (Å²) in [5.41, 5.74) is 2.66. The number of carbonyl (C=O) groups excluding carboxylic acids is 3. The SMILES string of the molecule is Cc1ccc(-n2nc(C)c(C(=O)O[C@H](C)C(=O)NC(=O)NC(C)(C)C)n2)c(C)c1. The topological polar surface area (TPSA) is 115 Å². The average molecular weight is 401 g/mol. The molecule has 2 aromatic rings. The molecule has 3 amide bonds. The van der Waals surface area contributed by atoms with Crippen LogP contribution in [0.1, 0.15) is 55.0 Å². The minimum Gasteiger partial charge on any atom is -0.448 e. The van der Waals surface area contributed by atoms with Crippen LogP contribution in [0.2, 0.25) is 0 Å². The number of rotatable bonds is 4. The lowest BCUT2D eigenvalue weighted by Gasteiger charge is -2.21. The number of hydrogen-bond acceptors (Lipinski definition) is 6. The summed E-state index contributed by atoms with van der Waals surface area (Å²) in [4.78, 5) is 37.7. The molecule has 1 aromatic heterocycles. The van der Waals surface area contributed by atoms with Crippen molar-refractivity contribution in [3.63, 3.8) is 0 Å². The third-order valence-corrected chi connectivity index (χ3v) is 3.92. The van der Waals surface area contributed by atoms with Crippen LogP contribution < -0.4 is 10.6 Å². The highest BCUT2D eigenvalue weighted by atomic mass is 16.5. The molecular formula is C20H27N5O4. The monoisotopic (exact) mass is 401 g/mol. The van der Waals surface area contributed by atoms with Crippen molar-refractivity contribution < 1.29 is 19.1 Å². The van der Waals surface area contributed by atoms with Crippen LogP contribution in [0, 0.1) is 20.8 Å². The van der Waals surface area contributed by atoms with E-state index >= 15 is 0 Å². The number of nitrogens with one attached hydrogen (secondary N) is 2. The van der Waals surface area contributed by atoms with Gasteiger partial charge in [0.2, 0.25) is 0 Å². The van der Waals surface area contributed by atoms with Crippen LogP contribution in [0.15, 0.2) is 18.2 Å². The van der Waals surface area contributed by atoms with Crippen molar-refractivity contribution in [2.45, 2.75) is 60.1 Å². The molecule has 1 aromatic carbocycles. The summed E-state index contributed by atoms with van der Waals surface area (Å²) in [6.07, 6.45) is -1.18. The first-order valence-electron chi connectivity index (χ1n) is 9.23. The van der Waals surface area contributed by atoms with Gasteiger partial charge in [0.25, 0.3) is 5.91 Å². The zero-order chi connectivity index (χ0) is 21.9. The first-order chi connectivity index (χ1) is 13.4. The predicted molar refractivity (Wildman–Crippen MR) is 107 cm³/mol. The molecule has 2 rings (SSSR count).